The Bertz CT molecular complexity index is 395. The minimum Gasteiger partial charge on any atom is -0.479 e. The number of methoxy groups -OCH3 is 1. The monoisotopic (exact) mass is 200 g/mol. The smallest absolute Gasteiger partial charge is 0.251 e. The van der Waals surface area contributed by atoms with Crippen LogP contribution in [0.2, 0.25) is 5.15 Å². The van der Waals surface area contributed by atoms with Gasteiger partial charge in [-0.2, -0.15) is 10.2 Å². The molecule has 0 aliphatic rings. The number of aromatic amines is 2. The Morgan fingerprint density at radius 1 is 1.46 bits per heavy atom. The molecule has 2 aromatic rings. The Morgan fingerprint density at radius 3 is 2.85 bits per heavy atom. The molecule has 0 bridgehead atoms. The van der Waals surface area contributed by atoms with E-state index in [-0.39, 0.29) is 0 Å². The van der Waals surface area contributed by atoms with Gasteiger partial charge in [0.2, 0.25) is 5.82 Å². The van der Waals surface area contributed by atoms with Crippen molar-refractivity contribution in [1.82, 2.24) is 30.6 Å². The summed E-state index contributed by atoms with van der Waals surface area (Å²) in [6.45, 7) is 0. The first-order valence-electron chi connectivity index (χ1n) is 3.34. The van der Waals surface area contributed by atoms with E-state index in [2.05, 4.69) is 30.6 Å². The standard InChI is InChI=1S/C5H5ClN6O/c1-13-5-2(6)7-3(8-5)4-9-11-12-10-4/h1H3,(H,7,8)(H,9,10,11,12). The Kier molecular flexibility index (Phi) is 1.85. The molecule has 2 N–H and O–H groups in total. The molecule has 68 valence electrons. The van der Waals surface area contributed by atoms with Crippen LogP contribution in [0.25, 0.3) is 11.6 Å². The van der Waals surface area contributed by atoms with Gasteiger partial charge in [0, 0.05) is 0 Å². The van der Waals surface area contributed by atoms with Gasteiger partial charge in [0.15, 0.2) is 11.0 Å². The summed E-state index contributed by atoms with van der Waals surface area (Å²) in [6.07, 6.45) is 0. The molecule has 8 heteroatoms. The SMILES string of the molecule is COc1nc(-c2nn[nH]n2)[nH]c1Cl. The fourth-order valence-corrected chi connectivity index (χ4v) is 1.05. The third-order valence-corrected chi connectivity index (χ3v) is 1.64. The van der Waals surface area contributed by atoms with Crippen LogP contribution in [0.1, 0.15) is 0 Å². The molecule has 0 amide bonds. The zero-order valence-corrected chi connectivity index (χ0v) is 7.33. The minimum atomic E-state index is 0.307. The number of rotatable bonds is 2. The van der Waals surface area contributed by atoms with Crippen LogP contribution in [0.5, 0.6) is 5.88 Å². The summed E-state index contributed by atoms with van der Waals surface area (Å²) < 4.78 is 4.86. The summed E-state index contributed by atoms with van der Waals surface area (Å²) in [6, 6.07) is 0. The first-order valence-corrected chi connectivity index (χ1v) is 3.72. The average Bonchev–Trinajstić information content (AvgIpc) is 2.71. The minimum absolute atomic E-state index is 0.307. The number of tetrazole rings is 1. The van der Waals surface area contributed by atoms with Gasteiger partial charge in [0.1, 0.15) is 0 Å². The summed E-state index contributed by atoms with van der Waals surface area (Å²) in [5.41, 5.74) is 0. The molecule has 2 heterocycles. The van der Waals surface area contributed by atoms with E-state index in [1.54, 1.807) is 0 Å². The topological polar surface area (TPSA) is 92.4 Å². The van der Waals surface area contributed by atoms with Gasteiger partial charge in [-0.25, -0.2) is 0 Å². The molecule has 0 spiro atoms. The largest absolute Gasteiger partial charge is 0.479 e. The van der Waals surface area contributed by atoms with Crippen LogP contribution < -0.4 is 4.74 Å². The summed E-state index contributed by atoms with van der Waals surface area (Å²) in [7, 11) is 1.47. The lowest BCUT2D eigenvalue weighted by Gasteiger charge is -1.89. The summed E-state index contributed by atoms with van der Waals surface area (Å²) >= 11 is 5.73. The van der Waals surface area contributed by atoms with Gasteiger partial charge in [0.05, 0.1) is 7.11 Å². The van der Waals surface area contributed by atoms with E-state index in [0.29, 0.717) is 22.7 Å². The first kappa shape index (κ1) is 7.99. The zero-order chi connectivity index (χ0) is 9.26. The number of hydrogen-bond donors (Lipinski definition) is 2. The Balaban J connectivity index is 2.43. The molecule has 2 aromatic heterocycles. The fraction of sp³-hybridized carbons (Fsp3) is 0.200. The number of halogens is 1. The second-order valence-electron chi connectivity index (χ2n) is 2.14. The van der Waals surface area contributed by atoms with Gasteiger partial charge < -0.3 is 9.72 Å². The van der Waals surface area contributed by atoms with Gasteiger partial charge in [-0.05, 0) is 5.21 Å². The molecular weight excluding hydrogens is 196 g/mol. The number of imidazole rings is 1. The average molecular weight is 201 g/mol. The highest BCUT2D eigenvalue weighted by atomic mass is 35.5. The molecule has 0 saturated heterocycles. The first-order chi connectivity index (χ1) is 6.31. The van der Waals surface area contributed by atoms with E-state index >= 15 is 0 Å². The predicted molar refractivity (Wildman–Crippen MR) is 43.3 cm³/mol. The van der Waals surface area contributed by atoms with Crippen LogP contribution >= 0.6 is 11.6 Å². The van der Waals surface area contributed by atoms with Crippen molar-refractivity contribution in [3.05, 3.63) is 5.15 Å². The normalized spacial score (nSPS) is 10.3. The van der Waals surface area contributed by atoms with Crippen molar-refractivity contribution in [2.45, 2.75) is 0 Å². The molecule has 2 rings (SSSR count). The molecule has 13 heavy (non-hydrogen) atoms. The number of nitrogens with one attached hydrogen (secondary N) is 2. The van der Waals surface area contributed by atoms with E-state index in [9.17, 15) is 0 Å². The predicted octanol–water partition coefficient (Wildman–Crippen LogP) is 0.252. The van der Waals surface area contributed by atoms with E-state index in [4.69, 9.17) is 16.3 Å². The lowest BCUT2D eigenvalue weighted by atomic mass is 10.6. The molecule has 7 nitrogen and oxygen atoms in total. The maximum atomic E-state index is 5.73. The van der Waals surface area contributed by atoms with Crippen molar-refractivity contribution < 1.29 is 4.74 Å². The molecule has 0 radical (unpaired) electrons. The van der Waals surface area contributed by atoms with Gasteiger partial charge in [0.25, 0.3) is 5.88 Å². The molecule has 0 aromatic carbocycles. The van der Waals surface area contributed by atoms with E-state index < -0.39 is 0 Å². The highest BCUT2D eigenvalue weighted by molar-refractivity contribution is 6.30. The van der Waals surface area contributed by atoms with E-state index in [1.165, 1.54) is 7.11 Å². The quantitative estimate of drug-likeness (QED) is 0.725. The molecule has 0 aliphatic carbocycles. The second kappa shape index (κ2) is 3.02. The number of ether oxygens (including phenoxy) is 1. The van der Waals surface area contributed by atoms with Crippen molar-refractivity contribution >= 4 is 11.6 Å². The van der Waals surface area contributed by atoms with Gasteiger partial charge >= 0.3 is 0 Å². The molecular formula is C5H5ClN6O. The number of hydrogen-bond acceptors (Lipinski definition) is 5. The second-order valence-corrected chi connectivity index (χ2v) is 2.52. The van der Waals surface area contributed by atoms with Crippen LogP contribution in [0, 0.1) is 0 Å². The van der Waals surface area contributed by atoms with Gasteiger partial charge in [-0.15, -0.1) is 10.2 Å². The molecule has 0 unspecified atom stereocenters. The van der Waals surface area contributed by atoms with Crippen LogP contribution in [-0.2, 0) is 0 Å². The maximum Gasteiger partial charge on any atom is 0.251 e. The molecule has 0 aliphatic heterocycles. The third kappa shape index (κ3) is 1.33. The van der Waals surface area contributed by atoms with E-state index in [1.807, 2.05) is 0 Å². The molecule has 0 saturated carbocycles. The van der Waals surface area contributed by atoms with Crippen molar-refractivity contribution in [2.75, 3.05) is 7.11 Å². The lowest BCUT2D eigenvalue weighted by molar-refractivity contribution is 0.400. The van der Waals surface area contributed by atoms with Crippen molar-refractivity contribution in [1.29, 1.82) is 0 Å². The van der Waals surface area contributed by atoms with Gasteiger partial charge in [-0.3, -0.25) is 0 Å². The van der Waals surface area contributed by atoms with Crippen LogP contribution in [-0.4, -0.2) is 37.7 Å². The molecule has 0 atom stereocenters. The summed E-state index contributed by atoms with van der Waals surface area (Å²) in [5, 5.41) is 13.4. The van der Waals surface area contributed by atoms with Crippen LogP contribution in [0.15, 0.2) is 0 Å². The Labute approximate surface area is 77.5 Å². The highest BCUT2D eigenvalue weighted by Gasteiger charge is 2.12. The summed E-state index contributed by atoms with van der Waals surface area (Å²) in [5.74, 6) is 1.06. The van der Waals surface area contributed by atoms with Crippen molar-refractivity contribution in [3.8, 4) is 17.5 Å². The number of aromatic nitrogens is 6. The maximum absolute atomic E-state index is 5.73. The van der Waals surface area contributed by atoms with E-state index in [0.717, 1.165) is 0 Å². The number of nitrogens with zero attached hydrogens (tertiary/aromatic N) is 4. The van der Waals surface area contributed by atoms with Crippen molar-refractivity contribution in [2.24, 2.45) is 0 Å². The Hall–Kier alpha value is -1.63. The zero-order valence-electron chi connectivity index (χ0n) is 6.58. The molecule has 0 fully saturated rings. The van der Waals surface area contributed by atoms with Crippen LogP contribution in [0.3, 0.4) is 0 Å². The Morgan fingerprint density at radius 2 is 2.31 bits per heavy atom. The van der Waals surface area contributed by atoms with Gasteiger partial charge in [-0.1, -0.05) is 11.6 Å². The van der Waals surface area contributed by atoms with Crippen molar-refractivity contribution in [3.63, 3.8) is 0 Å². The third-order valence-electron chi connectivity index (χ3n) is 1.38. The fourth-order valence-electron chi connectivity index (χ4n) is 0.839. The number of H-pyrrole nitrogens is 2. The lowest BCUT2D eigenvalue weighted by Crippen LogP contribution is -1.84. The highest BCUT2D eigenvalue weighted by Crippen LogP contribution is 2.23. The van der Waals surface area contributed by atoms with Crippen LogP contribution in [0.4, 0.5) is 0 Å². The summed E-state index contributed by atoms with van der Waals surface area (Å²) in [4.78, 5) is 6.72.